The van der Waals surface area contributed by atoms with Gasteiger partial charge in [-0.3, -0.25) is 14.4 Å². The fraction of sp³-hybridized carbons (Fsp3) is 0.796. The number of carbonyl (C=O) groups is 3. The number of unbranched alkanes of at least 4 members (excludes halogenated alkanes) is 28. The van der Waals surface area contributed by atoms with Crippen LogP contribution >= 0.6 is 0 Å². The van der Waals surface area contributed by atoms with Gasteiger partial charge in [0.2, 0.25) is 0 Å². The molecule has 358 valence electrons. The third-order valence-electron chi connectivity index (χ3n) is 10.7. The predicted octanol–water partition coefficient (Wildman–Crippen LogP) is 17.1. The smallest absolute Gasteiger partial charge is 0.303 e. The predicted molar refractivity (Wildman–Crippen MR) is 263 cm³/mol. The van der Waals surface area contributed by atoms with Crippen molar-refractivity contribution in [3.05, 3.63) is 48.6 Å². The van der Waals surface area contributed by atoms with Crippen molar-refractivity contribution in [2.24, 2.45) is 0 Å². The van der Waals surface area contributed by atoms with Crippen molar-refractivity contribution in [2.45, 2.75) is 277 Å². The molecule has 7 heteroatoms. The zero-order chi connectivity index (χ0) is 45.5. The van der Waals surface area contributed by atoms with E-state index in [0.29, 0.717) is 19.3 Å². The van der Waals surface area contributed by atoms with E-state index in [1.807, 2.05) is 0 Å². The molecule has 0 aromatic rings. The summed E-state index contributed by atoms with van der Waals surface area (Å²) < 4.78 is 0. The maximum absolute atomic E-state index is 10.3. The molecule has 0 aromatic carbocycles. The van der Waals surface area contributed by atoms with E-state index in [4.69, 9.17) is 15.3 Å². The molecular formula is C54H100O7. The number of hydrogen-bond donors (Lipinski definition) is 4. The summed E-state index contributed by atoms with van der Waals surface area (Å²) in [5, 5.41) is 35.3. The average Bonchev–Trinajstić information content (AvgIpc) is 3.23. The van der Waals surface area contributed by atoms with Crippen LogP contribution in [-0.4, -0.2) is 44.4 Å². The standard InChI is InChI=1S/C18H34O3.C18H34O2.C18H32O2/c1-2-3-4-11-14-17(19)15-12-9-7-5-6-8-10-13-16-18(20)21;2*1-2-3-4-5-6-7-8-9-10-11-12-13-14-15-16-17-18(19)20/h9,12,17,19H,2-8,10-11,13-16H2,1H3,(H,20,21);9-10H,2-8,11-17H2,1H3,(H,19,20);7-10H,2-6,11-17H2,1H3,(H,19,20)/b12-9+;10-9+;8-7+,10-9+. The van der Waals surface area contributed by atoms with Gasteiger partial charge in [-0.1, -0.05) is 204 Å². The SMILES string of the molecule is CCCCCC/C=C/C=C/CCCCCCCC(=O)O.CCCCCCC(O)C/C=C/CCCCCCCC(=O)O.CCCCCCCC/C=C/CCCCCCCC(=O)O. The summed E-state index contributed by atoms with van der Waals surface area (Å²) in [4.78, 5) is 31.0. The van der Waals surface area contributed by atoms with Crippen LogP contribution in [0.1, 0.15) is 271 Å². The summed E-state index contributed by atoms with van der Waals surface area (Å²) >= 11 is 0. The first-order valence-electron chi connectivity index (χ1n) is 25.7. The quantitative estimate of drug-likeness (QED) is 0.0272. The van der Waals surface area contributed by atoms with Gasteiger partial charge in [-0.25, -0.2) is 0 Å². The Balaban J connectivity index is -0.000000828. The van der Waals surface area contributed by atoms with E-state index in [1.165, 1.54) is 141 Å². The molecular weight excluding hydrogens is 761 g/mol. The third kappa shape index (κ3) is 69.3. The summed E-state index contributed by atoms with van der Waals surface area (Å²) in [7, 11) is 0. The van der Waals surface area contributed by atoms with Gasteiger partial charge in [-0.15, -0.1) is 0 Å². The molecule has 0 aliphatic rings. The maximum atomic E-state index is 10.3. The molecule has 0 amide bonds. The van der Waals surface area contributed by atoms with Crippen LogP contribution in [-0.2, 0) is 14.4 Å². The van der Waals surface area contributed by atoms with Gasteiger partial charge in [0, 0.05) is 19.3 Å². The van der Waals surface area contributed by atoms with E-state index in [2.05, 4.69) is 69.4 Å². The number of aliphatic hydroxyl groups is 1. The number of allylic oxidation sites excluding steroid dienone is 7. The van der Waals surface area contributed by atoms with Gasteiger partial charge in [0.25, 0.3) is 0 Å². The first-order chi connectivity index (χ1) is 29.7. The molecule has 0 rings (SSSR count). The number of hydrogen-bond acceptors (Lipinski definition) is 4. The second-order valence-corrected chi connectivity index (χ2v) is 17.0. The van der Waals surface area contributed by atoms with E-state index in [1.54, 1.807) is 0 Å². The van der Waals surface area contributed by atoms with Crippen LogP contribution in [0.3, 0.4) is 0 Å². The summed E-state index contributed by atoms with van der Waals surface area (Å²) in [6.07, 6.45) is 60.9. The van der Waals surface area contributed by atoms with Gasteiger partial charge in [-0.2, -0.15) is 0 Å². The van der Waals surface area contributed by atoms with Crippen LogP contribution in [0.4, 0.5) is 0 Å². The van der Waals surface area contributed by atoms with Crippen molar-refractivity contribution < 1.29 is 34.8 Å². The van der Waals surface area contributed by atoms with Crippen LogP contribution in [0.2, 0.25) is 0 Å². The lowest BCUT2D eigenvalue weighted by atomic mass is 10.1. The molecule has 0 heterocycles. The molecule has 0 spiro atoms. The molecule has 0 aliphatic heterocycles. The lowest BCUT2D eigenvalue weighted by Gasteiger charge is -2.07. The highest BCUT2D eigenvalue weighted by Crippen LogP contribution is 2.13. The van der Waals surface area contributed by atoms with Gasteiger partial charge in [-0.05, 0) is 96.3 Å². The van der Waals surface area contributed by atoms with Crippen LogP contribution in [0.15, 0.2) is 48.6 Å². The van der Waals surface area contributed by atoms with E-state index < -0.39 is 17.9 Å². The highest BCUT2D eigenvalue weighted by Gasteiger charge is 2.01. The Bertz CT molecular complexity index is 1010. The third-order valence-corrected chi connectivity index (χ3v) is 10.7. The van der Waals surface area contributed by atoms with Gasteiger partial charge in [0.05, 0.1) is 6.10 Å². The summed E-state index contributed by atoms with van der Waals surface area (Å²) in [5.41, 5.74) is 0. The van der Waals surface area contributed by atoms with E-state index >= 15 is 0 Å². The van der Waals surface area contributed by atoms with Gasteiger partial charge in [0.15, 0.2) is 0 Å². The van der Waals surface area contributed by atoms with Crippen molar-refractivity contribution in [3.63, 3.8) is 0 Å². The van der Waals surface area contributed by atoms with Crippen LogP contribution < -0.4 is 0 Å². The number of rotatable bonds is 44. The Kier molecular flexibility index (Phi) is 58.9. The molecule has 0 aromatic heterocycles. The van der Waals surface area contributed by atoms with Crippen LogP contribution in [0, 0.1) is 0 Å². The number of carboxylic acids is 3. The molecule has 4 N–H and O–H groups in total. The normalized spacial score (nSPS) is 11.9. The van der Waals surface area contributed by atoms with Gasteiger partial charge in [0.1, 0.15) is 0 Å². The second kappa shape index (κ2) is 57.3. The Morgan fingerprint density at radius 3 is 0.951 bits per heavy atom. The molecule has 1 unspecified atom stereocenters. The lowest BCUT2D eigenvalue weighted by molar-refractivity contribution is -0.138. The highest BCUT2D eigenvalue weighted by atomic mass is 16.4. The van der Waals surface area contributed by atoms with Crippen molar-refractivity contribution in [1.29, 1.82) is 0 Å². The van der Waals surface area contributed by atoms with Crippen LogP contribution in [0.5, 0.6) is 0 Å². The van der Waals surface area contributed by atoms with E-state index in [-0.39, 0.29) is 6.10 Å². The Morgan fingerprint density at radius 2 is 0.607 bits per heavy atom. The summed E-state index contributed by atoms with van der Waals surface area (Å²) in [6, 6.07) is 0. The molecule has 7 nitrogen and oxygen atoms in total. The Morgan fingerprint density at radius 1 is 0.344 bits per heavy atom. The summed E-state index contributed by atoms with van der Waals surface area (Å²) in [5.74, 6) is -2.02. The molecule has 0 saturated carbocycles. The van der Waals surface area contributed by atoms with Gasteiger partial charge < -0.3 is 20.4 Å². The zero-order valence-electron chi connectivity index (χ0n) is 40.3. The minimum atomic E-state index is -0.689. The largest absolute Gasteiger partial charge is 0.481 e. The minimum Gasteiger partial charge on any atom is -0.481 e. The molecule has 0 aliphatic carbocycles. The van der Waals surface area contributed by atoms with Crippen molar-refractivity contribution >= 4 is 17.9 Å². The summed E-state index contributed by atoms with van der Waals surface area (Å²) in [6.45, 7) is 6.70. The Labute approximate surface area is 377 Å². The fourth-order valence-corrected chi connectivity index (χ4v) is 6.82. The minimum absolute atomic E-state index is 0.172. The first-order valence-corrected chi connectivity index (χ1v) is 25.7. The van der Waals surface area contributed by atoms with Gasteiger partial charge >= 0.3 is 17.9 Å². The average molecular weight is 861 g/mol. The maximum Gasteiger partial charge on any atom is 0.303 e. The molecule has 61 heavy (non-hydrogen) atoms. The topological polar surface area (TPSA) is 132 Å². The van der Waals surface area contributed by atoms with Crippen LogP contribution in [0.25, 0.3) is 0 Å². The molecule has 0 radical (unpaired) electrons. The van der Waals surface area contributed by atoms with Crippen molar-refractivity contribution in [3.8, 4) is 0 Å². The first kappa shape index (κ1) is 62.6. The number of carboxylic acid groups (broad SMARTS) is 3. The zero-order valence-corrected chi connectivity index (χ0v) is 40.3. The number of aliphatic carboxylic acids is 3. The molecule has 0 saturated heterocycles. The highest BCUT2D eigenvalue weighted by molar-refractivity contribution is 5.67. The fourth-order valence-electron chi connectivity index (χ4n) is 6.82. The van der Waals surface area contributed by atoms with Crippen molar-refractivity contribution in [2.75, 3.05) is 0 Å². The number of aliphatic hydroxyl groups excluding tert-OH is 1. The Hall–Kier alpha value is -2.67. The van der Waals surface area contributed by atoms with E-state index in [0.717, 1.165) is 89.9 Å². The molecule has 0 fully saturated rings. The monoisotopic (exact) mass is 861 g/mol. The van der Waals surface area contributed by atoms with Crippen molar-refractivity contribution in [1.82, 2.24) is 0 Å². The molecule has 0 bridgehead atoms. The molecule has 1 atom stereocenters. The van der Waals surface area contributed by atoms with E-state index in [9.17, 15) is 19.5 Å². The second-order valence-electron chi connectivity index (χ2n) is 17.0. The lowest BCUT2D eigenvalue weighted by Crippen LogP contribution is -2.04.